The van der Waals surface area contributed by atoms with Crippen LogP contribution in [0, 0.1) is 5.92 Å². The molecule has 2 bridgehead atoms. The summed E-state index contributed by atoms with van der Waals surface area (Å²) in [6.07, 6.45) is 1.56. The SMILES string of the molecule is C=CCOC(=O)[C@@H]1[C@@H]2NC(=S)N(c3ccccc3)[C@@]1(C)Oc1ccccc12. The minimum atomic E-state index is -1.03. The minimum absolute atomic E-state index is 0.148. The summed E-state index contributed by atoms with van der Waals surface area (Å²) in [4.78, 5) is 14.9. The first-order valence-electron chi connectivity index (χ1n) is 8.77. The number of para-hydroxylation sites is 2. The highest BCUT2D eigenvalue weighted by atomic mass is 32.1. The Bertz CT molecular complexity index is 901. The van der Waals surface area contributed by atoms with E-state index in [1.165, 1.54) is 0 Å². The first-order valence-corrected chi connectivity index (χ1v) is 9.18. The maximum atomic E-state index is 13.0. The van der Waals surface area contributed by atoms with Crippen LogP contribution in [0.1, 0.15) is 18.5 Å². The van der Waals surface area contributed by atoms with E-state index in [4.69, 9.17) is 21.7 Å². The average Bonchev–Trinajstić information content (AvgIpc) is 2.66. The molecule has 0 saturated carbocycles. The Morgan fingerprint density at radius 3 is 2.74 bits per heavy atom. The lowest BCUT2D eigenvalue weighted by Crippen LogP contribution is -2.71. The van der Waals surface area contributed by atoms with Crippen LogP contribution in [0.25, 0.3) is 0 Å². The van der Waals surface area contributed by atoms with Gasteiger partial charge in [-0.05, 0) is 37.3 Å². The van der Waals surface area contributed by atoms with E-state index >= 15 is 0 Å². The van der Waals surface area contributed by atoms with Crippen LogP contribution < -0.4 is 15.0 Å². The van der Waals surface area contributed by atoms with Crippen molar-refractivity contribution in [1.82, 2.24) is 5.32 Å². The first kappa shape index (κ1) is 17.5. The molecule has 6 heteroatoms. The number of nitrogens with one attached hydrogen (secondary N) is 1. The predicted molar refractivity (Wildman–Crippen MR) is 108 cm³/mol. The highest BCUT2D eigenvalue weighted by Crippen LogP contribution is 2.49. The number of hydrogen-bond donors (Lipinski definition) is 1. The summed E-state index contributed by atoms with van der Waals surface area (Å²) in [5.41, 5.74) is 0.712. The standard InChI is InChI=1S/C21H20N2O3S/c1-3-13-25-19(24)17-18-15-11-7-8-12-16(15)26-21(17,2)23(20(27)22-18)14-9-5-4-6-10-14/h3-12,17-18H,1,13H2,2H3,(H,22,27)/t17-,18+,21-/m0/s1. The van der Waals surface area contributed by atoms with Gasteiger partial charge in [-0.25, -0.2) is 0 Å². The molecule has 0 aromatic heterocycles. The van der Waals surface area contributed by atoms with E-state index in [1.54, 1.807) is 6.08 Å². The van der Waals surface area contributed by atoms with Gasteiger partial charge in [0.25, 0.3) is 0 Å². The molecule has 2 aromatic carbocycles. The van der Waals surface area contributed by atoms with Crippen molar-refractivity contribution in [2.45, 2.75) is 18.7 Å². The van der Waals surface area contributed by atoms with Crippen molar-refractivity contribution in [3.63, 3.8) is 0 Å². The summed E-state index contributed by atoms with van der Waals surface area (Å²) >= 11 is 5.66. The summed E-state index contributed by atoms with van der Waals surface area (Å²) in [5.74, 6) is -0.235. The molecule has 1 saturated heterocycles. The van der Waals surface area contributed by atoms with Crippen LogP contribution in [0.3, 0.4) is 0 Å². The molecule has 2 aliphatic heterocycles. The Morgan fingerprint density at radius 2 is 2.00 bits per heavy atom. The van der Waals surface area contributed by atoms with Gasteiger partial charge < -0.3 is 14.8 Å². The molecule has 0 radical (unpaired) electrons. The molecule has 4 rings (SSSR count). The fourth-order valence-electron chi connectivity index (χ4n) is 3.89. The molecule has 1 N–H and O–H groups in total. The number of nitrogens with zero attached hydrogens (tertiary/aromatic N) is 1. The van der Waals surface area contributed by atoms with E-state index < -0.39 is 11.6 Å². The molecule has 1 fully saturated rings. The molecule has 2 aliphatic rings. The van der Waals surface area contributed by atoms with E-state index in [9.17, 15) is 4.79 Å². The number of hydrogen-bond acceptors (Lipinski definition) is 4. The molecule has 2 heterocycles. The number of thiocarbonyl (C=S) groups is 1. The summed E-state index contributed by atoms with van der Waals surface area (Å²) in [6.45, 7) is 5.66. The first-order chi connectivity index (χ1) is 13.1. The zero-order chi connectivity index (χ0) is 19.0. The van der Waals surface area contributed by atoms with Gasteiger partial charge in [0.15, 0.2) is 5.11 Å². The largest absolute Gasteiger partial charge is 0.466 e. The van der Waals surface area contributed by atoms with Crippen molar-refractivity contribution >= 4 is 29.0 Å². The van der Waals surface area contributed by atoms with E-state index in [1.807, 2.05) is 66.4 Å². The lowest BCUT2D eigenvalue weighted by molar-refractivity contribution is -0.159. The van der Waals surface area contributed by atoms with Gasteiger partial charge in [-0.2, -0.15) is 0 Å². The fourth-order valence-corrected chi connectivity index (χ4v) is 4.30. The molecular formula is C21H20N2O3S. The van der Waals surface area contributed by atoms with Gasteiger partial charge in [0.2, 0.25) is 5.72 Å². The van der Waals surface area contributed by atoms with Crippen LogP contribution in [0.4, 0.5) is 5.69 Å². The molecular weight excluding hydrogens is 360 g/mol. The zero-order valence-corrected chi connectivity index (χ0v) is 15.7. The second kappa shape index (κ2) is 6.70. The van der Waals surface area contributed by atoms with Gasteiger partial charge in [-0.1, -0.05) is 49.1 Å². The number of rotatable bonds is 4. The van der Waals surface area contributed by atoms with E-state index in [2.05, 4.69) is 11.9 Å². The van der Waals surface area contributed by atoms with Gasteiger partial charge in [0.1, 0.15) is 18.3 Å². The Balaban J connectivity index is 1.86. The van der Waals surface area contributed by atoms with E-state index in [-0.39, 0.29) is 18.6 Å². The average molecular weight is 380 g/mol. The Kier molecular flexibility index (Phi) is 4.36. The Morgan fingerprint density at radius 1 is 1.30 bits per heavy atom. The lowest BCUT2D eigenvalue weighted by atomic mass is 9.79. The molecule has 0 amide bonds. The molecule has 138 valence electrons. The second-order valence-corrected chi connectivity index (χ2v) is 7.08. The van der Waals surface area contributed by atoms with Crippen molar-refractivity contribution in [2.75, 3.05) is 11.5 Å². The van der Waals surface area contributed by atoms with Gasteiger partial charge >= 0.3 is 5.97 Å². The molecule has 5 nitrogen and oxygen atoms in total. The maximum absolute atomic E-state index is 13.0. The van der Waals surface area contributed by atoms with Crippen LogP contribution in [0.5, 0.6) is 5.75 Å². The Labute approximate surface area is 163 Å². The Hall–Kier alpha value is -2.86. The third-order valence-corrected chi connectivity index (χ3v) is 5.32. The highest BCUT2D eigenvalue weighted by Gasteiger charge is 2.59. The van der Waals surface area contributed by atoms with Gasteiger partial charge in [0, 0.05) is 11.3 Å². The van der Waals surface area contributed by atoms with Crippen molar-refractivity contribution in [3.8, 4) is 5.75 Å². The number of anilines is 1. The molecule has 0 unspecified atom stereocenters. The van der Waals surface area contributed by atoms with Gasteiger partial charge in [-0.3, -0.25) is 9.69 Å². The number of benzene rings is 2. The second-order valence-electron chi connectivity index (χ2n) is 6.69. The van der Waals surface area contributed by atoms with E-state index in [0.29, 0.717) is 5.11 Å². The third-order valence-electron chi connectivity index (χ3n) is 5.02. The highest BCUT2D eigenvalue weighted by molar-refractivity contribution is 7.80. The smallest absolute Gasteiger partial charge is 0.317 e. The van der Waals surface area contributed by atoms with Crippen LogP contribution in [0.15, 0.2) is 67.3 Å². The van der Waals surface area contributed by atoms with Crippen molar-refractivity contribution < 1.29 is 14.3 Å². The quantitative estimate of drug-likeness (QED) is 0.497. The molecule has 2 aromatic rings. The third kappa shape index (κ3) is 2.77. The fraction of sp³-hybridized carbons (Fsp3) is 0.238. The van der Waals surface area contributed by atoms with Crippen molar-refractivity contribution in [2.24, 2.45) is 5.92 Å². The van der Waals surface area contributed by atoms with Gasteiger partial charge in [-0.15, -0.1) is 0 Å². The predicted octanol–water partition coefficient (Wildman–Crippen LogP) is 3.58. The van der Waals surface area contributed by atoms with Gasteiger partial charge in [0.05, 0.1) is 6.04 Å². The number of esters is 1. The maximum Gasteiger partial charge on any atom is 0.317 e. The summed E-state index contributed by atoms with van der Waals surface area (Å²) in [5, 5.41) is 3.85. The minimum Gasteiger partial charge on any atom is -0.466 e. The topological polar surface area (TPSA) is 50.8 Å². The zero-order valence-electron chi connectivity index (χ0n) is 14.9. The number of fused-ring (bicyclic) bond motifs is 4. The van der Waals surface area contributed by atoms with Crippen LogP contribution in [0.2, 0.25) is 0 Å². The van der Waals surface area contributed by atoms with Crippen LogP contribution in [-0.2, 0) is 9.53 Å². The number of carbonyl (C=O) groups excluding carboxylic acids is 1. The molecule has 0 aliphatic carbocycles. The van der Waals surface area contributed by atoms with Crippen molar-refractivity contribution in [3.05, 3.63) is 72.8 Å². The number of ether oxygens (including phenoxy) is 2. The van der Waals surface area contributed by atoms with Crippen molar-refractivity contribution in [1.29, 1.82) is 0 Å². The molecule has 27 heavy (non-hydrogen) atoms. The summed E-state index contributed by atoms with van der Waals surface area (Å²) in [7, 11) is 0. The van der Waals surface area contributed by atoms with Crippen LogP contribution >= 0.6 is 12.2 Å². The normalized spacial score (nSPS) is 25.7. The summed E-state index contributed by atoms with van der Waals surface area (Å²) in [6, 6.07) is 17.0. The number of carbonyl (C=O) groups is 1. The summed E-state index contributed by atoms with van der Waals surface area (Å²) < 4.78 is 11.8. The molecule has 0 spiro atoms. The van der Waals surface area contributed by atoms with Crippen LogP contribution in [-0.4, -0.2) is 23.4 Å². The molecule has 3 atom stereocenters. The van der Waals surface area contributed by atoms with E-state index in [0.717, 1.165) is 17.0 Å². The lowest BCUT2D eigenvalue weighted by Gasteiger charge is -2.55. The monoisotopic (exact) mass is 380 g/mol.